The fraction of sp³-hybridized carbons (Fsp3) is 0.500. The standard InChI is InChI=1S/C14H23N3O2/c1-14(2,17(3)4)10-16-13(18)9-19-12-8-6-5-7-11(12)15/h5-8H,9-10,15H2,1-4H3,(H,16,18). The van der Waals surface area contributed by atoms with Gasteiger partial charge in [0.25, 0.3) is 5.91 Å². The molecular formula is C14H23N3O2. The van der Waals surface area contributed by atoms with E-state index in [4.69, 9.17) is 10.5 Å². The van der Waals surface area contributed by atoms with Gasteiger partial charge in [0.05, 0.1) is 5.69 Å². The zero-order valence-corrected chi connectivity index (χ0v) is 12.1. The van der Waals surface area contributed by atoms with Crippen LogP contribution >= 0.6 is 0 Å². The highest BCUT2D eigenvalue weighted by Gasteiger charge is 2.21. The van der Waals surface area contributed by atoms with Crippen molar-refractivity contribution in [1.82, 2.24) is 10.2 Å². The summed E-state index contributed by atoms with van der Waals surface area (Å²) in [5.41, 5.74) is 6.16. The Balaban J connectivity index is 2.39. The molecule has 1 aromatic rings. The molecule has 1 rings (SSSR count). The third kappa shape index (κ3) is 4.79. The number of carbonyl (C=O) groups is 1. The molecule has 0 fully saturated rings. The van der Waals surface area contributed by atoms with Crippen molar-refractivity contribution < 1.29 is 9.53 Å². The molecule has 0 bridgehead atoms. The molecule has 5 heteroatoms. The van der Waals surface area contributed by atoms with Crippen LogP contribution in [0, 0.1) is 0 Å². The Hall–Kier alpha value is -1.75. The van der Waals surface area contributed by atoms with Crippen LogP contribution in [0.4, 0.5) is 5.69 Å². The maximum atomic E-state index is 11.7. The molecular weight excluding hydrogens is 242 g/mol. The molecule has 0 radical (unpaired) electrons. The van der Waals surface area contributed by atoms with E-state index in [-0.39, 0.29) is 18.1 Å². The lowest BCUT2D eigenvalue weighted by molar-refractivity contribution is -0.123. The summed E-state index contributed by atoms with van der Waals surface area (Å²) in [6, 6.07) is 7.12. The smallest absolute Gasteiger partial charge is 0.258 e. The number of anilines is 1. The average Bonchev–Trinajstić information content (AvgIpc) is 2.35. The first-order chi connectivity index (χ1) is 8.83. The first kappa shape index (κ1) is 15.3. The minimum absolute atomic E-state index is 0.0300. The van der Waals surface area contributed by atoms with Crippen molar-refractivity contribution in [3.63, 3.8) is 0 Å². The maximum absolute atomic E-state index is 11.7. The third-order valence-corrected chi connectivity index (χ3v) is 3.21. The Kier molecular flexibility index (Phi) is 5.18. The quantitative estimate of drug-likeness (QED) is 0.756. The van der Waals surface area contributed by atoms with E-state index in [1.165, 1.54) is 0 Å². The predicted molar refractivity (Wildman–Crippen MR) is 77.1 cm³/mol. The van der Waals surface area contributed by atoms with Gasteiger partial charge in [0.2, 0.25) is 0 Å². The Labute approximate surface area is 114 Å². The van der Waals surface area contributed by atoms with Crippen LogP contribution in [0.15, 0.2) is 24.3 Å². The van der Waals surface area contributed by atoms with E-state index >= 15 is 0 Å². The van der Waals surface area contributed by atoms with Crippen molar-refractivity contribution in [3.05, 3.63) is 24.3 Å². The first-order valence-corrected chi connectivity index (χ1v) is 6.24. The van der Waals surface area contributed by atoms with Crippen molar-refractivity contribution in [2.75, 3.05) is 33.0 Å². The number of hydrogen-bond donors (Lipinski definition) is 2. The molecule has 0 aromatic heterocycles. The number of amides is 1. The number of nitrogen functional groups attached to an aromatic ring is 1. The van der Waals surface area contributed by atoms with Gasteiger partial charge in [-0.05, 0) is 40.1 Å². The highest BCUT2D eigenvalue weighted by atomic mass is 16.5. The van der Waals surface area contributed by atoms with Gasteiger partial charge in [-0.2, -0.15) is 0 Å². The molecule has 0 aliphatic rings. The van der Waals surface area contributed by atoms with E-state index < -0.39 is 0 Å². The number of hydrogen-bond acceptors (Lipinski definition) is 4. The molecule has 5 nitrogen and oxygen atoms in total. The van der Waals surface area contributed by atoms with Crippen LogP contribution in [0.25, 0.3) is 0 Å². The molecule has 1 aromatic carbocycles. The summed E-state index contributed by atoms with van der Waals surface area (Å²) in [6.45, 7) is 4.65. The number of likely N-dealkylation sites (N-methyl/N-ethyl adjacent to an activating group) is 1. The van der Waals surface area contributed by atoms with E-state index in [9.17, 15) is 4.79 Å². The van der Waals surface area contributed by atoms with Gasteiger partial charge in [-0.3, -0.25) is 4.79 Å². The van der Waals surface area contributed by atoms with Gasteiger partial charge in [-0.25, -0.2) is 0 Å². The van der Waals surface area contributed by atoms with E-state index in [2.05, 4.69) is 24.1 Å². The number of nitrogens with one attached hydrogen (secondary N) is 1. The van der Waals surface area contributed by atoms with Crippen LogP contribution in [0.1, 0.15) is 13.8 Å². The molecule has 1 amide bonds. The van der Waals surface area contributed by atoms with Crippen LogP contribution in [-0.2, 0) is 4.79 Å². The van der Waals surface area contributed by atoms with Crippen LogP contribution < -0.4 is 15.8 Å². The monoisotopic (exact) mass is 265 g/mol. The summed E-state index contributed by atoms with van der Waals surface area (Å²) in [5.74, 6) is 0.377. The number of rotatable bonds is 6. The van der Waals surface area contributed by atoms with E-state index in [0.29, 0.717) is 18.0 Å². The SMILES string of the molecule is CN(C)C(C)(C)CNC(=O)COc1ccccc1N. The molecule has 19 heavy (non-hydrogen) atoms. The van der Waals surface area contributed by atoms with Crippen molar-refractivity contribution in [1.29, 1.82) is 0 Å². The normalized spacial score (nSPS) is 11.4. The van der Waals surface area contributed by atoms with Gasteiger partial charge < -0.3 is 20.7 Å². The molecule has 0 atom stereocenters. The summed E-state index contributed by atoms with van der Waals surface area (Å²) < 4.78 is 5.37. The Bertz CT molecular complexity index is 430. The lowest BCUT2D eigenvalue weighted by atomic mass is 10.0. The van der Waals surface area contributed by atoms with Crippen LogP contribution in [0.5, 0.6) is 5.75 Å². The van der Waals surface area contributed by atoms with Crippen LogP contribution in [0.3, 0.4) is 0 Å². The Morgan fingerprint density at radius 2 is 2.00 bits per heavy atom. The van der Waals surface area contributed by atoms with Gasteiger partial charge in [-0.1, -0.05) is 12.1 Å². The summed E-state index contributed by atoms with van der Waals surface area (Å²) in [5, 5.41) is 2.85. The first-order valence-electron chi connectivity index (χ1n) is 6.24. The molecule has 0 unspecified atom stereocenters. The van der Waals surface area contributed by atoms with Gasteiger partial charge in [0.15, 0.2) is 6.61 Å². The molecule has 0 aliphatic heterocycles. The van der Waals surface area contributed by atoms with Crippen molar-refractivity contribution >= 4 is 11.6 Å². The second-order valence-corrected chi connectivity index (χ2v) is 5.31. The zero-order valence-electron chi connectivity index (χ0n) is 12.1. The molecule has 0 saturated heterocycles. The summed E-state index contributed by atoms with van der Waals surface area (Å²) in [6.07, 6.45) is 0. The molecule has 3 N–H and O–H groups in total. The second kappa shape index (κ2) is 6.43. The van der Waals surface area contributed by atoms with E-state index in [0.717, 1.165) is 0 Å². The molecule has 0 saturated carbocycles. The Morgan fingerprint density at radius 1 is 1.37 bits per heavy atom. The van der Waals surface area contributed by atoms with Gasteiger partial charge >= 0.3 is 0 Å². The highest BCUT2D eigenvalue weighted by molar-refractivity contribution is 5.77. The third-order valence-electron chi connectivity index (χ3n) is 3.21. The number of ether oxygens (including phenoxy) is 1. The Morgan fingerprint density at radius 3 is 2.58 bits per heavy atom. The van der Waals surface area contributed by atoms with Crippen molar-refractivity contribution in [2.45, 2.75) is 19.4 Å². The zero-order chi connectivity index (χ0) is 14.5. The second-order valence-electron chi connectivity index (χ2n) is 5.31. The molecule has 0 spiro atoms. The van der Waals surface area contributed by atoms with Crippen molar-refractivity contribution in [3.8, 4) is 5.75 Å². The topological polar surface area (TPSA) is 67.6 Å². The van der Waals surface area contributed by atoms with E-state index in [1.807, 2.05) is 26.2 Å². The molecule has 106 valence electrons. The summed E-state index contributed by atoms with van der Waals surface area (Å²) in [7, 11) is 3.96. The largest absolute Gasteiger partial charge is 0.482 e. The number of nitrogens with zero attached hydrogens (tertiary/aromatic N) is 1. The highest BCUT2D eigenvalue weighted by Crippen LogP contribution is 2.19. The minimum atomic E-state index is -0.154. The molecule has 0 aliphatic carbocycles. The predicted octanol–water partition coefficient (Wildman–Crippen LogP) is 1.10. The number of carbonyl (C=O) groups excluding carboxylic acids is 1. The van der Waals surface area contributed by atoms with E-state index in [1.54, 1.807) is 12.1 Å². The lowest BCUT2D eigenvalue weighted by Gasteiger charge is -2.32. The van der Waals surface area contributed by atoms with Gasteiger partial charge in [-0.15, -0.1) is 0 Å². The summed E-state index contributed by atoms with van der Waals surface area (Å²) >= 11 is 0. The van der Waals surface area contributed by atoms with Crippen LogP contribution in [-0.4, -0.2) is 43.6 Å². The van der Waals surface area contributed by atoms with Gasteiger partial charge in [0, 0.05) is 12.1 Å². The van der Waals surface area contributed by atoms with Crippen LogP contribution in [0.2, 0.25) is 0 Å². The maximum Gasteiger partial charge on any atom is 0.258 e. The summed E-state index contributed by atoms with van der Waals surface area (Å²) in [4.78, 5) is 13.8. The number of benzene rings is 1. The fourth-order valence-electron chi connectivity index (χ4n) is 1.28. The lowest BCUT2D eigenvalue weighted by Crippen LogP contribution is -2.48. The minimum Gasteiger partial charge on any atom is -0.482 e. The van der Waals surface area contributed by atoms with Crippen molar-refractivity contribution in [2.24, 2.45) is 0 Å². The fourth-order valence-corrected chi connectivity index (χ4v) is 1.28. The molecule has 0 heterocycles. The number of nitrogens with two attached hydrogens (primary N) is 1. The van der Waals surface area contributed by atoms with Gasteiger partial charge in [0.1, 0.15) is 5.75 Å². The number of para-hydroxylation sites is 2. The average molecular weight is 265 g/mol.